The summed E-state index contributed by atoms with van der Waals surface area (Å²) in [5.74, 6) is -2.69. The quantitative estimate of drug-likeness (QED) is 0.381. The van der Waals surface area contributed by atoms with Gasteiger partial charge in [-0.05, 0) is 17.7 Å². The standard InChI is InChI=1S/C8H7NO4.Na/c9-6-2-1-4(7(10)11)3-5(6)8(12)13;/h1-3H,9H2,(H,10,11)(H,12,13);/q;+1/p-1. The van der Waals surface area contributed by atoms with Gasteiger partial charge in [-0.15, -0.1) is 0 Å². The van der Waals surface area contributed by atoms with Gasteiger partial charge < -0.3 is 20.7 Å². The molecule has 1 aromatic carbocycles. The van der Waals surface area contributed by atoms with Crippen molar-refractivity contribution in [2.75, 3.05) is 5.73 Å². The fourth-order valence-corrected chi connectivity index (χ4v) is 0.868. The van der Waals surface area contributed by atoms with Gasteiger partial charge in [-0.1, -0.05) is 6.07 Å². The van der Waals surface area contributed by atoms with Crippen molar-refractivity contribution >= 4 is 17.6 Å². The number of aromatic carboxylic acids is 2. The monoisotopic (exact) mass is 203 g/mol. The first-order chi connectivity index (χ1) is 6.02. The van der Waals surface area contributed by atoms with Gasteiger partial charge in [0.2, 0.25) is 0 Å². The molecule has 0 aromatic heterocycles. The van der Waals surface area contributed by atoms with Crippen molar-refractivity contribution in [2.45, 2.75) is 0 Å². The van der Waals surface area contributed by atoms with Gasteiger partial charge in [0, 0.05) is 5.69 Å². The van der Waals surface area contributed by atoms with Crippen LogP contribution >= 0.6 is 0 Å². The summed E-state index contributed by atoms with van der Waals surface area (Å²) in [5.41, 5.74) is 4.89. The van der Waals surface area contributed by atoms with E-state index in [0.717, 1.165) is 6.07 Å². The second-order valence-corrected chi connectivity index (χ2v) is 2.39. The van der Waals surface area contributed by atoms with Gasteiger partial charge in [-0.2, -0.15) is 0 Å². The molecular formula is C8H6NNaO4. The SMILES string of the molecule is Nc1ccc(C(=O)[O-])cc1C(=O)O.[Na+]. The Balaban J connectivity index is 0.00000169. The topological polar surface area (TPSA) is 103 Å². The molecule has 0 saturated carbocycles. The third-order valence-corrected chi connectivity index (χ3v) is 1.52. The van der Waals surface area contributed by atoms with E-state index in [4.69, 9.17) is 10.8 Å². The molecule has 0 bridgehead atoms. The van der Waals surface area contributed by atoms with Crippen molar-refractivity contribution in [2.24, 2.45) is 0 Å². The maximum Gasteiger partial charge on any atom is 1.00 e. The predicted octanol–water partition coefficient (Wildman–Crippen LogP) is -3.67. The first-order valence-electron chi connectivity index (χ1n) is 3.36. The third kappa shape index (κ3) is 2.73. The van der Waals surface area contributed by atoms with E-state index in [9.17, 15) is 14.7 Å². The zero-order valence-corrected chi connectivity index (χ0v) is 9.48. The molecule has 14 heavy (non-hydrogen) atoms. The summed E-state index contributed by atoms with van der Waals surface area (Å²) in [6.45, 7) is 0. The molecule has 1 rings (SSSR count). The first kappa shape index (κ1) is 13.0. The fraction of sp³-hybridized carbons (Fsp3) is 0. The van der Waals surface area contributed by atoms with E-state index in [-0.39, 0.29) is 46.4 Å². The summed E-state index contributed by atoms with van der Waals surface area (Å²) in [6, 6.07) is 3.37. The van der Waals surface area contributed by atoms with Crippen LogP contribution in [0.4, 0.5) is 5.69 Å². The minimum atomic E-state index is -1.43. The molecule has 1 aromatic rings. The molecule has 0 heterocycles. The van der Waals surface area contributed by atoms with Crippen LogP contribution in [0, 0.1) is 0 Å². The van der Waals surface area contributed by atoms with Crippen LogP contribution in [0.5, 0.6) is 0 Å². The number of benzene rings is 1. The Morgan fingerprint density at radius 2 is 1.93 bits per heavy atom. The molecule has 0 aliphatic carbocycles. The van der Waals surface area contributed by atoms with E-state index in [2.05, 4.69) is 0 Å². The van der Waals surface area contributed by atoms with Gasteiger partial charge in [0.15, 0.2) is 0 Å². The van der Waals surface area contributed by atoms with Crippen molar-refractivity contribution in [1.82, 2.24) is 0 Å². The molecule has 0 unspecified atom stereocenters. The maximum absolute atomic E-state index is 10.5. The Morgan fingerprint density at radius 1 is 1.36 bits per heavy atom. The average molecular weight is 203 g/mol. The number of carboxylic acids is 2. The smallest absolute Gasteiger partial charge is 0.545 e. The normalized spacial score (nSPS) is 8.86. The van der Waals surface area contributed by atoms with E-state index in [0.29, 0.717) is 0 Å². The molecule has 0 saturated heterocycles. The summed E-state index contributed by atoms with van der Waals surface area (Å²) in [7, 11) is 0. The summed E-state index contributed by atoms with van der Waals surface area (Å²) in [6.07, 6.45) is 0. The average Bonchev–Trinajstić information content (AvgIpc) is 2.04. The number of nitrogen functional groups attached to an aromatic ring is 1. The number of rotatable bonds is 2. The van der Waals surface area contributed by atoms with E-state index in [1.165, 1.54) is 12.1 Å². The molecule has 6 heteroatoms. The van der Waals surface area contributed by atoms with Crippen LogP contribution in [0.25, 0.3) is 0 Å². The molecule has 0 atom stereocenters. The summed E-state index contributed by atoms with van der Waals surface area (Å²) in [4.78, 5) is 20.8. The summed E-state index contributed by atoms with van der Waals surface area (Å²) in [5, 5.41) is 18.9. The van der Waals surface area contributed by atoms with Crippen molar-refractivity contribution in [3.63, 3.8) is 0 Å². The Bertz CT molecular complexity index is 378. The number of anilines is 1. The van der Waals surface area contributed by atoms with Crippen molar-refractivity contribution < 1.29 is 49.4 Å². The Hall–Kier alpha value is -1.04. The zero-order valence-electron chi connectivity index (χ0n) is 7.48. The maximum atomic E-state index is 10.5. The second-order valence-electron chi connectivity index (χ2n) is 2.39. The number of carbonyl (C=O) groups is 2. The third-order valence-electron chi connectivity index (χ3n) is 1.52. The minimum absolute atomic E-state index is 0. The van der Waals surface area contributed by atoms with Crippen LogP contribution in [-0.2, 0) is 0 Å². The van der Waals surface area contributed by atoms with Crippen LogP contribution in [-0.4, -0.2) is 17.0 Å². The van der Waals surface area contributed by atoms with Crippen LogP contribution in [0.3, 0.4) is 0 Å². The number of nitrogens with two attached hydrogens (primary N) is 1. The van der Waals surface area contributed by atoms with Crippen molar-refractivity contribution in [3.8, 4) is 0 Å². The van der Waals surface area contributed by atoms with Gasteiger partial charge >= 0.3 is 35.5 Å². The molecule has 0 aliphatic heterocycles. The van der Waals surface area contributed by atoms with Gasteiger partial charge in [0.1, 0.15) is 0 Å². The Kier molecular flexibility index (Phi) is 4.62. The van der Waals surface area contributed by atoms with Gasteiger partial charge in [-0.3, -0.25) is 0 Å². The Labute approximate surface area is 102 Å². The molecule has 68 valence electrons. The summed E-state index contributed by atoms with van der Waals surface area (Å²) < 4.78 is 0. The van der Waals surface area contributed by atoms with Crippen LogP contribution in [0.1, 0.15) is 20.7 Å². The minimum Gasteiger partial charge on any atom is -0.545 e. The van der Waals surface area contributed by atoms with Gasteiger partial charge in [0.05, 0.1) is 11.5 Å². The van der Waals surface area contributed by atoms with Crippen LogP contribution < -0.4 is 40.4 Å². The first-order valence-corrected chi connectivity index (χ1v) is 3.36. The predicted molar refractivity (Wildman–Crippen MR) is 42.1 cm³/mol. The van der Waals surface area contributed by atoms with Crippen LogP contribution in [0.15, 0.2) is 18.2 Å². The molecule has 0 spiro atoms. The Morgan fingerprint density at radius 3 is 2.36 bits per heavy atom. The van der Waals surface area contributed by atoms with E-state index >= 15 is 0 Å². The van der Waals surface area contributed by atoms with Gasteiger partial charge in [0.25, 0.3) is 0 Å². The summed E-state index contributed by atoms with van der Waals surface area (Å²) >= 11 is 0. The number of carbonyl (C=O) groups excluding carboxylic acids is 1. The molecule has 0 fully saturated rings. The zero-order chi connectivity index (χ0) is 10.0. The molecule has 0 aliphatic rings. The van der Waals surface area contributed by atoms with E-state index < -0.39 is 11.9 Å². The number of hydrogen-bond acceptors (Lipinski definition) is 4. The van der Waals surface area contributed by atoms with Crippen LogP contribution in [0.2, 0.25) is 0 Å². The number of hydrogen-bond donors (Lipinski definition) is 2. The molecular weight excluding hydrogens is 197 g/mol. The van der Waals surface area contributed by atoms with E-state index in [1.54, 1.807) is 0 Å². The molecule has 0 radical (unpaired) electrons. The fourth-order valence-electron chi connectivity index (χ4n) is 0.868. The second kappa shape index (κ2) is 4.99. The van der Waals surface area contributed by atoms with Crippen molar-refractivity contribution in [1.29, 1.82) is 0 Å². The molecule has 3 N–H and O–H groups in total. The van der Waals surface area contributed by atoms with E-state index in [1.807, 2.05) is 0 Å². The molecule has 5 nitrogen and oxygen atoms in total. The molecule has 0 amide bonds. The van der Waals surface area contributed by atoms with Gasteiger partial charge in [-0.25, -0.2) is 4.79 Å². The largest absolute Gasteiger partial charge is 1.00 e. The van der Waals surface area contributed by atoms with Crippen molar-refractivity contribution in [3.05, 3.63) is 29.3 Å². The number of carboxylic acid groups (broad SMARTS) is 2.